The van der Waals surface area contributed by atoms with Crippen LogP contribution in [0.5, 0.6) is 0 Å². The van der Waals surface area contributed by atoms with E-state index in [-0.39, 0.29) is 5.69 Å². The van der Waals surface area contributed by atoms with E-state index in [1.54, 1.807) is 12.1 Å². The summed E-state index contributed by atoms with van der Waals surface area (Å²) in [7, 11) is 0. The summed E-state index contributed by atoms with van der Waals surface area (Å²) in [6.07, 6.45) is 2.03. The SMILES string of the molecule is CCCCN(CC)c1ccc(C#N)cc1[N+](=O)[O-]. The van der Waals surface area contributed by atoms with Crippen molar-refractivity contribution in [1.29, 1.82) is 5.26 Å². The van der Waals surface area contributed by atoms with Gasteiger partial charge in [-0.25, -0.2) is 0 Å². The molecule has 0 saturated heterocycles. The van der Waals surface area contributed by atoms with Gasteiger partial charge in [0.15, 0.2) is 0 Å². The van der Waals surface area contributed by atoms with Gasteiger partial charge in [0.2, 0.25) is 0 Å². The lowest BCUT2D eigenvalue weighted by molar-refractivity contribution is -0.384. The van der Waals surface area contributed by atoms with Crippen molar-refractivity contribution in [2.75, 3.05) is 18.0 Å². The van der Waals surface area contributed by atoms with Crippen LogP contribution in [0, 0.1) is 21.4 Å². The monoisotopic (exact) mass is 247 g/mol. The van der Waals surface area contributed by atoms with Crippen molar-refractivity contribution in [3.05, 3.63) is 33.9 Å². The predicted octanol–water partition coefficient (Wildman–Crippen LogP) is 3.09. The Hall–Kier alpha value is -2.09. The summed E-state index contributed by atoms with van der Waals surface area (Å²) in [6.45, 7) is 5.56. The van der Waals surface area contributed by atoms with E-state index in [2.05, 4.69) is 6.92 Å². The fraction of sp³-hybridized carbons (Fsp3) is 0.462. The van der Waals surface area contributed by atoms with E-state index in [1.807, 2.05) is 17.9 Å². The maximum absolute atomic E-state index is 11.1. The van der Waals surface area contributed by atoms with Crippen molar-refractivity contribution >= 4 is 11.4 Å². The highest BCUT2D eigenvalue weighted by atomic mass is 16.6. The predicted molar refractivity (Wildman–Crippen MR) is 70.6 cm³/mol. The van der Waals surface area contributed by atoms with Crippen LogP contribution in [0.25, 0.3) is 0 Å². The molecule has 0 saturated carbocycles. The molecule has 0 aromatic heterocycles. The van der Waals surface area contributed by atoms with Gasteiger partial charge in [0.1, 0.15) is 5.69 Å². The molecule has 5 heteroatoms. The zero-order valence-corrected chi connectivity index (χ0v) is 10.7. The standard InChI is InChI=1S/C13H17N3O2/c1-3-5-8-15(4-2)12-7-6-11(10-14)9-13(12)16(17)18/h6-7,9H,3-5,8H2,1-2H3. The van der Waals surface area contributed by atoms with Crippen LogP contribution in [0.2, 0.25) is 0 Å². The van der Waals surface area contributed by atoms with Gasteiger partial charge in [0.05, 0.1) is 16.6 Å². The molecule has 0 aliphatic heterocycles. The Morgan fingerprint density at radius 2 is 2.17 bits per heavy atom. The first kappa shape index (κ1) is 14.0. The average Bonchev–Trinajstić information content (AvgIpc) is 2.39. The van der Waals surface area contributed by atoms with Gasteiger partial charge in [-0.15, -0.1) is 0 Å². The minimum absolute atomic E-state index is 0.00648. The van der Waals surface area contributed by atoms with Gasteiger partial charge in [0.25, 0.3) is 5.69 Å². The maximum atomic E-state index is 11.1. The number of anilines is 1. The number of nitro groups is 1. The van der Waals surface area contributed by atoms with Crippen LogP contribution in [0.4, 0.5) is 11.4 Å². The maximum Gasteiger partial charge on any atom is 0.293 e. The van der Waals surface area contributed by atoms with Gasteiger partial charge < -0.3 is 4.90 Å². The Bertz CT molecular complexity index is 466. The Morgan fingerprint density at radius 1 is 1.44 bits per heavy atom. The second-order valence-corrected chi connectivity index (χ2v) is 4.01. The molecule has 1 aromatic rings. The number of benzene rings is 1. The molecule has 0 bridgehead atoms. The summed E-state index contributed by atoms with van der Waals surface area (Å²) >= 11 is 0. The summed E-state index contributed by atoms with van der Waals surface area (Å²) < 4.78 is 0. The second kappa shape index (κ2) is 6.60. The molecule has 0 fully saturated rings. The highest BCUT2D eigenvalue weighted by Crippen LogP contribution is 2.29. The van der Waals surface area contributed by atoms with E-state index in [9.17, 15) is 10.1 Å². The normalized spacial score (nSPS) is 9.83. The number of unbranched alkanes of at least 4 members (excludes halogenated alkanes) is 1. The van der Waals surface area contributed by atoms with Crippen LogP contribution in [-0.2, 0) is 0 Å². The summed E-state index contributed by atoms with van der Waals surface area (Å²) in [5.74, 6) is 0. The van der Waals surface area contributed by atoms with Crippen molar-refractivity contribution in [2.45, 2.75) is 26.7 Å². The lowest BCUT2D eigenvalue weighted by Crippen LogP contribution is -2.24. The van der Waals surface area contributed by atoms with E-state index >= 15 is 0 Å². The second-order valence-electron chi connectivity index (χ2n) is 4.01. The number of rotatable bonds is 6. The van der Waals surface area contributed by atoms with Crippen LogP contribution in [0.1, 0.15) is 32.3 Å². The van der Waals surface area contributed by atoms with Crippen molar-refractivity contribution in [1.82, 2.24) is 0 Å². The summed E-state index contributed by atoms with van der Waals surface area (Å²) in [4.78, 5) is 12.6. The molecule has 0 aliphatic rings. The molecule has 5 nitrogen and oxygen atoms in total. The Morgan fingerprint density at radius 3 is 2.67 bits per heavy atom. The van der Waals surface area contributed by atoms with Crippen molar-refractivity contribution in [3.8, 4) is 6.07 Å². The van der Waals surface area contributed by atoms with Crippen molar-refractivity contribution in [2.24, 2.45) is 0 Å². The molecular formula is C13H17N3O2. The quantitative estimate of drug-likeness (QED) is 0.572. The van der Waals surface area contributed by atoms with Crippen LogP contribution >= 0.6 is 0 Å². The Balaban J connectivity index is 3.13. The largest absolute Gasteiger partial charge is 0.366 e. The zero-order chi connectivity index (χ0) is 13.5. The molecule has 1 rings (SSSR count). The van der Waals surface area contributed by atoms with E-state index in [1.165, 1.54) is 6.07 Å². The first-order valence-electron chi connectivity index (χ1n) is 6.07. The van der Waals surface area contributed by atoms with E-state index in [0.717, 1.165) is 19.4 Å². The molecule has 1 aromatic carbocycles. The van der Waals surface area contributed by atoms with Gasteiger partial charge >= 0.3 is 0 Å². The van der Waals surface area contributed by atoms with Gasteiger partial charge in [-0.1, -0.05) is 13.3 Å². The molecule has 0 amide bonds. The van der Waals surface area contributed by atoms with Crippen LogP contribution in [0.3, 0.4) is 0 Å². The molecule has 18 heavy (non-hydrogen) atoms. The summed E-state index contributed by atoms with van der Waals surface area (Å²) in [6, 6.07) is 6.55. The highest BCUT2D eigenvalue weighted by Gasteiger charge is 2.18. The number of nitro benzene ring substituents is 1. The summed E-state index contributed by atoms with van der Waals surface area (Å²) in [5, 5.41) is 19.8. The van der Waals surface area contributed by atoms with Crippen LogP contribution < -0.4 is 4.90 Å². The van der Waals surface area contributed by atoms with E-state index in [4.69, 9.17) is 5.26 Å². The van der Waals surface area contributed by atoms with Crippen LogP contribution in [-0.4, -0.2) is 18.0 Å². The first-order valence-corrected chi connectivity index (χ1v) is 6.07. The van der Waals surface area contributed by atoms with E-state index < -0.39 is 4.92 Å². The topological polar surface area (TPSA) is 70.2 Å². The number of nitriles is 1. The molecule has 0 N–H and O–H groups in total. The molecule has 96 valence electrons. The molecular weight excluding hydrogens is 230 g/mol. The Kier molecular flexibility index (Phi) is 5.12. The number of nitrogens with zero attached hydrogens (tertiary/aromatic N) is 3. The van der Waals surface area contributed by atoms with Crippen molar-refractivity contribution in [3.63, 3.8) is 0 Å². The molecule has 0 heterocycles. The third-order valence-electron chi connectivity index (χ3n) is 2.81. The highest BCUT2D eigenvalue weighted by molar-refractivity contribution is 5.65. The third-order valence-corrected chi connectivity index (χ3v) is 2.81. The number of hydrogen-bond donors (Lipinski definition) is 0. The number of hydrogen-bond acceptors (Lipinski definition) is 4. The fourth-order valence-electron chi connectivity index (χ4n) is 1.80. The molecule has 0 unspecified atom stereocenters. The van der Waals surface area contributed by atoms with E-state index in [0.29, 0.717) is 17.8 Å². The first-order chi connectivity index (χ1) is 8.63. The summed E-state index contributed by atoms with van der Waals surface area (Å²) in [5.41, 5.74) is 0.916. The van der Waals surface area contributed by atoms with Gasteiger partial charge in [-0.05, 0) is 25.5 Å². The van der Waals surface area contributed by atoms with Crippen molar-refractivity contribution < 1.29 is 4.92 Å². The van der Waals surface area contributed by atoms with Crippen LogP contribution in [0.15, 0.2) is 18.2 Å². The lowest BCUT2D eigenvalue weighted by Gasteiger charge is -2.22. The smallest absolute Gasteiger partial charge is 0.293 e. The fourth-order valence-corrected chi connectivity index (χ4v) is 1.80. The zero-order valence-electron chi connectivity index (χ0n) is 10.7. The van der Waals surface area contributed by atoms with Gasteiger partial charge in [-0.2, -0.15) is 5.26 Å². The van der Waals surface area contributed by atoms with Gasteiger partial charge in [0, 0.05) is 19.2 Å². The molecule has 0 atom stereocenters. The molecule has 0 spiro atoms. The van der Waals surface area contributed by atoms with Gasteiger partial charge in [-0.3, -0.25) is 10.1 Å². The average molecular weight is 247 g/mol. The Labute approximate surface area is 107 Å². The molecule has 0 radical (unpaired) electrons. The minimum Gasteiger partial charge on any atom is -0.366 e. The minimum atomic E-state index is -0.426. The lowest BCUT2D eigenvalue weighted by atomic mass is 10.1. The molecule has 0 aliphatic carbocycles. The third kappa shape index (κ3) is 3.20.